The summed E-state index contributed by atoms with van der Waals surface area (Å²) in [4.78, 5) is 0. The van der Waals surface area contributed by atoms with Gasteiger partial charge in [-0.2, -0.15) is 0 Å². The van der Waals surface area contributed by atoms with Gasteiger partial charge in [-0.05, 0) is 107 Å². The molecule has 218 valence electrons. The topological polar surface area (TPSA) is 13.1 Å². The predicted octanol–water partition coefficient (Wildman–Crippen LogP) is 13.2. The Kier molecular flexibility index (Phi) is 5.64. The number of hydrogen-bond acceptors (Lipinski definition) is 1. The van der Waals surface area contributed by atoms with Crippen LogP contribution in [0.25, 0.3) is 98.4 Å². The first-order valence-corrected chi connectivity index (χ1v) is 16.2. The van der Waals surface area contributed by atoms with Gasteiger partial charge in [0.05, 0.1) is 0 Å². The Balaban J connectivity index is 1.11. The lowest BCUT2D eigenvalue weighted by Gasteiger charge is -2.18. The summed E-state index contributed by atoms with van der Waals surface area (Å²) in [6.45, 7) is 0. The van der Waals surface area contributed by atoms with Crippen molar-refractivity contribution in [2.75, 3.05) is 0 Å². The zero-order valence-corrected chi connectivity index (χ0v) is 25.6. The molecule has 0 saturated heterocycles. The second kappa shape index (κ2) is 10.2. The van der Waals surface area contributed by atoms with Crippen LogP contribution in [0, 0.1) is 0 Å². The lowest BCUT2D eigenvalue weighted by molar-refractivity contribution is 0.669. The standard InChI is InChI=1S/C46H28O/c1-2-10-32-25-36(22-19-29(32)9-1)46-40-15-7-5-13-38(40)45(39-14-6-8-16-41(39)46)31-20-17-30(18-21-31)35-23-24-37-42-26-33-11-3-4-12-34(33)27-44(42)47-43(37)28-35/h1-28H. The average molecular weight is 597 g/mol. The fourth-order valence-corrected chi connectivity index (χ4v) is 7.57. The Morgan fingerprint density at radius 3 is 1.38 bits per heavy atom. The molecule has 1 heterocycles. The number of hydrogen-bond donors (Lipinski definition) is 0. The molecule has 0 N–H and O–H groups in total. The van der Waals surface area contributed by atoms with E-state index in [-0.39, 0.29) is 0 Å². The van der Waals surface area contributed by atoms with E-state index in [1.165, 1.54) is 70.9 Å². The maximum atomic E-state index is 6.38. The highest BCUT2D eigenvalue weighted by Crippen LogP contribution is 2.44. The van der Waals surface area contributed by atoms with Crippen LogP contribution >= 0.6 is 0 Å². The van der Waals surface area contributed by atoms with Gasteiger partial charge in [0, 0.05) is 10.8 Å². The van der Waals surface area contributed by atoms with E-state index in [1.807, 2.05) is 0 Å². The van der Waals surface area contributed by atoms with Gasteiger partial charge in [-0.15, -0.1) is 0 Å². The summed E-state index contributed by atoms with van der Waals surface area (Å²) in [5, 5.41) is 12.3. The Hall–Kier alpha value is -6.18. The van der Waals surface area contributed by atoms with E-state index in [1.54, 1.807) is 0 Å². The van der Waals surface area contributed by atoms with Gasteiger partial charge in [0.15, 0.2) is 0 Å². The van der Waals surface area contributed by atoms with E-state index in [2.05, 4.69) is 170 Å². The molecule has 0 radical (unpaired) electrons. The van der Waals surface area contributed by atoms with Crippen molar-refractivity contribution in [1.82, 2.24) is 0 Å². The molecule has 10 rings (SSSR count). The molecule has 0 saturated carbocycles. The van der Waals surface area contributed by atoms with Crippen LogP contribution < -0.4 is 0 Å². The summed E-state index contributed by atoms with van der Waals surface area (Å²) in [5.74, 6) is 0. The van der Waals surface area contributed by atoms with E-state index < -0.39 is 0 Å². The first-order chi connectivity index (χ1) is 23.3. The maximum absolute atomic E-state index is 6.38. The third-order valence-electron chi connectivity index (χ3n) is 9.82. The number of rotatable bonds is 3. The quantitative estimate of drug-likeness (QED) is 0.185. The van der Waals surface area contributed by atoms with Crippen LogP contribution in [0.5, 0.6) is 0 Å². The van der Waals surface area contributed by atoms with Crippen molar-refractivity contribution in [3.8, 4) is 33.4 Å². The molecular formula is C46H28O. The molecule has 0 aliphatic heterocycles. The van der Waals surface area contributed by atoms with Crippen molar-refractivity contribution in [3.63, 3.8) is 0 Å². The first kappa shape index (κ1) is 26.1. The SMILES string of the molecule is c1ccc2cc(-c3c4ccccc4c(-c4ccc(-c5ccc6c(c5)oc5cc7ccccc7cc56)cc4)c4ccccc34)ccc2c1. The number of furan rings is 1. The van der Waals surface area contributed by atoms with Gasteiger partial charge < -0.3 is 4.42 Å². The molecule has 9 aromatic carbocycles. The monoisotopic (exact) mass is 596 g/mol. The van der Waals surface area contributed by atoms with Gasteiger partial charge in [-0.3, -0.25) is 0 Å². The van der Waals surface area contributed by atoms with E-state index in [0.717, 1.165) is 27.5 Å². The minimum absolute atomic E-state index is 0.915. The highest BCUT2D eigenvalue weighted by molar-refractivity contribution is 6.21. The summed E-state index contributed by atoms with van der Waals surface area (Å²) in [7, 11) is 0. The van der Waals surface area contributed by atoms with Crippen molar-refractivity contribution >= 4 is 65.0 Å². The molecule has 0 aliphatic rings. The smallest absolute Gasteiger partial charge is 0.136 e. The molecule has 0 unspecified atom stereocenters. The molecule has 1 aromatic heterocycles. The van der Waals surface area contributed by atoms with Crippen molar-refractivity contribution < 1.29 is 4.42 Å². The molecule has 0 bridgehead atoms. The first-order valence-electron chi connectivity index (χ1n) is 16.2. The number of fused-ring (bicyclic) bond motifs is 7. The van der Waals surface area contributed by atoms with Crippen LogP contribution in [-0.4, -0.2) is 0 Å². The fraction of sp³-hybridized carbons (Fsp3) is 0. The minimum atomic E-state index is 0.915. The maximum Gasteiger partial charge on any atom is 0.136 e. The Morgan fingerprint density at radius 2 is 0.723 bits per heavy atom. The van der Waals surface area contributed by atoms with Crippen LogP contribution in [-0.2, 0) is 0 Å². The molecule has 1 nitrogen and oxygen atoms in total. The third-order valence-corrected chi connectivity index (χ3v) is 9.82. The molecule has 47 heavy (non-hydrogen) atoms. The van der Waals surface area contributed by atoms with Gasteiger partial charge >= 0.3 is 0 Å². The van der Waals surface area contributed by atoms with Gasteiger partial charge in [-0.25, -0.2) is 0 Å². The Bertz CT molecular complexity index is 2780. The third kappa shape index (κ3) is 4.10. The second-order valence-corrected chi connectivity index (χ2v) is 12.5. The lowest BCUT2D eigenvalue weighted by atomic mass is 9.85. The highest BCUT2D eigenvalue weighted by Gasteiger charge is 2.17. The van der Waals surface area contributed by atoms with Gasteiger partial charge in [0.1, 0.15) is 11.2 Å². The van der Waals surface area contributed by atoms with Gasteiger partial charge in [0.2, 0.25) is 0 Å². The molecule has 10 aromatic rings. The van der Waals surface area contributed by atoms with Crippen molar-refractivity contribution in [1.29, 1.82) is 0 Å². The average Bonchev–Trinajstić information content (AvgIpc) is 3.49. The van der Waals surface area contributed by atoms with Crippen LogP contribution in [0.4, 0.5) is 0 Å². The van der Waals surface area contributed by atoms with Crippen molar-refractivity contribution in [2.24, 2.45) is 0 Å². The molecule has 1 heteroatoms. The van der Waals surface area contributed by atoms with Crippen LogP contribution in [0.1, 0.15) is 0 Å². The summed E-state index contributed by atoms with van der Waals surface area (Å²) in [5.41, 5.74) is 9.17. The van der Waals surface area contributed by atoms with Crippen molar-refractivity contribution in [3.05, 3.63) is 170 Å². The van der Waals surface area contributed by atoms with Gasteiger partial charge in [-0.1, -0.05) is 140 Å². The zero-order valence-electron chi connectivity index (χ0n) is 25.6. The zero-order chi connectivity index (χ0) is 30.9. The van der Waals surface area contributed by atoms with Crippen LogP contribution in [0.15, 0.2) is 174 Å². The second-order valence-electron chi connectivity index (χ2n) is 12.5. The summed E-state index contributed by atoms with van der Waals surface area (Å²) < 4.78 is 6.38. The normalized spacial score (nSPS) is 11.8. The lowest BCUT2D eigenvalue weighted by Crippen LogP contribution is -1.91. The molecule has 0 fully saturated rings. The van der Waals surface area contributed by atoms with Gasteiger partial charge in [0.25, 0.3) is 0 Å². The molecule has 0 atom stereocenters. The highest BCUT2D eigenvalue weighted by atomic mass is 16.3. The predicted molar refractivity (Wildman–Crippen MR) is 200 cm³/mol. The summed E-state index contributed by atoms with van der Waals surface area (Å²) in [6.07, 6.45) is 0. The number of benzene rings is 9. The molecule has 0 spiro atoms. The van der Waals surface area contributed by atoms with Crippen LogP contribution in [0.3, 0.4) is 0 Å². The molecule has 0 aliphatic carbocycles. The Morgan fingerprint density at radius 1 is 0.255 bits per heavy atom. The van der Waals surface area contributed by atoms with Crippen molar-refractivity contribution in [2.45, 2.75) is 0 Å². The summed E-state index contributed by atoms with van der Waals surface area (Å²) in [6, 6.07) is 61.6. The molecule has 0 amide bonds. The van der Waals surface area contributed by atoms with E-state index in [0.29, 0.717) is 0 Å². The van der Waals surface area contributed by atoms with Crippen LogP contribution in [0.2, 0.25) is 0 Å². The summed E-state index contributed by atoms with van der Waals surface area (Å²) >= 11 is 0. The minimum Gasteiger partial charge on any atom is -0.456 e. The fourth-order valence-electron chi connectivity index (χ4n) is 7.57. The Labute approximate surface area is 271 Å². The van der Waals surface area contributed by atoms with E-state index in [9.17, 15) is 0 Å². The van der Waals surface area contributed by atoms with E-state index in [4.69, 9.17) is 4.42 Å². The van der Waals surface area contributed by atoms with E-state index >= 15 is 0 Å². The molecular weight excluding hydrogens is 569 g/mol. The largest absolute Gasteiger partial charge is 0.456 e.